The fourth-order valence-electron chi connectivity index (χ4n) is 3.07. The minimum absolute atomic E-state index is 0.00267. The highest BCUT2D eigenvalue weighted by molar-refractivity contribution is 5.87. The first kappa shape index (κ1) is 21.7. The molecule has 7 nitrogen and oxygen atoms in total. The van der Waals surface area contributed by atoms with Crippen LogP contribution in [-0.2, 0) is 9.53 Å². The van der Waals surface area contributed by atoms with Gasteiger partial charge in [0.05, 0.1) is 6.61 Å². The molecule has 0 aliphatic carbocycles. The maximum atomic E-state index is 12.7. The Labute approximate surface area is 152 Å². The van der Waals surface area contributed by atoms with Gasteiger partial charge in [0, 0.05) is 24.6 Å². The van der Waals surface area contributed by atoms with Crippen molar-refractivity contribution in [1.29, 1.82) is 0 Å². The van der Waals surface area contributed by atoms with Gasteiger partial charge in [-0.1, -0.05) is 13.8 Å². The number of carbonyl (C=O) groups excluding carboxylic acids is 2. The molecule has 3 amide bonds. The summed E-state index contributed by atoms with van der Waals surface area (Å²) in [5, 5.41) is 12.0. The molecule has 1 atom stereocenters. The van der Waals surface area contributed by atoms with E-state index in [2.05, 4.69) is 21.3 Å². The lowest BCUT2D eigenvalue weighted by atomic mass is 9.79. The van der Waals surface area contributed by atoms with Gasteiger partial charge < -0.3 is 26.0 Å². The van der Waals surface area contributed by atoms with E-state index in [0.717, 1.165) is 25.9 Å². The second-order valence-electron chi connectivity index (χ2n) is 8.47. The van der Waals surface area contributed by atoms with E-state index in [1.165, 1.54) is 0 Å². The quantitative estimate of drug-likeness (QED) is 0.552. The third-order valence-electron chi connectivity index (χ3n) is 4.48. The third kappa shape index (κ3) is 7.61. The highest BCUT2D eigenvalue weighted by Crippen LogP contribution is 2.28. The lowest BCUT2D eigenvalue weighted by molar-refractivity contribution is -0.124. The van der Waals surface area contributed by atoms with Crippen LogP contribution in [0.25, 0.3) is 0 Å². The molecule has 7 heteroatoms. The topological polar surface area (TPSA) is 91.5 Å². The molecule has 1 aliphatic rings. The van der Waals surface area contributed by atoms with Gasteiger partial charge in [0.15, 0.2) is 0 Å². The predicted molar refractivity (Wildman–Crippen MR) is 99.5 cm³/mol. The van der Waals surface area contributed by atoms with Gasteiger partial charge in [-0.05, 0) is 52.6 Å². The Bertz CT molecular complexity index is 435. The minimum atomic E-state index is -0.566. The van der Waals surface area contributed by atoms with Crippen LogP contribution in [0, 0.1) is 11.3 Å². The van der Waals surface area contributed by atoms with Crippen molar-refractivity contribution in [1.82, 2.24) is 21.3 Å². The molecule has 1 heterocycles. The summed E-state index contributed by atoms with van der Waals surface area (Å²) >= 11 is 0. The van der Waals surface area contributed by atoms with Crippen LogP contribution < -0.4 is 21.3 Å². The van der Waals surface area contributed by atoms with Gasteiger partial charge in [-0.15, -0.1) is 0 Å². The Morgan fingerprint density at radius 1 is 1.20 bits per heavy atom. The van der Waals surface area contributed by atoms with Gasteiger partial charge in [0.2, 0.25) is 5.91 Å². The Kier molecular flexibility index (Phi) is 8.15. The summed E-state index contributed by atoms with van der Waals surface area (Å²) in [7, 11) is 1.70. The molecule has 25 heavy (non-hydrogen) atoms. The minimum Gasteiger partial charge on any atom is -0.384 e. The Balaban J connectivity index is 2.64. The normalized spacial score (nSPS) is 18.5. The molecule has 0 aromatic heterocycles. The van der Waals surface area contributed by atoms with Gasteiger partial charge in [0.25, 0.3) is 0 Å². The summed E-state index contributed by atoms with van der Waals surface area (Å²) in [4.78, 5) is 24.8. The zero-order valence-corrected chi connectivity index (χ0v) is 16.6. The van der Waals surface area contributed by atoms with E-state index in [4.69, 9.17) is 4.74 Å². The number of rotatable bonds is 7. The first-order valence-corrected chi connectivity index (χ1v) is 9.15. The van der Waals surface area contributed by atoms with Gasteiger partial charge in [-0.3, -0.25) is 4.79 Å². The van der Waals surface area contributed by atoms with Crippen molar-refractivity contribution in [2.24, 2.45) is 11.3 Å². The van der Waals surface area contributed by atoms with Crippen molar-refractivity contribution in [3.8, 4) is 0 Å². The first-order valence-electron chi connectivity index (χ1n) is 9.15. The van der Waals surface area contributed by atoms with Crippen molar-refractivity contribution in [2.75, 3.05) is 33.4 Å². The molecule has 1 rings (SSSR count). The average Bonchev–Trinajstić information content (AvgIpc) is 2.49. The third-order valence-corrected chi connectivity index (χ3v) is 4.48. The molecule has 1 fully saturated rings. The fourth-order valence-corrected chi connectivity index (χ4v) is 3.07. The molecule has 1 aliphatic heterocycles. The standard InChI is InChI=1S/C18H36N4O3/c1-13(2)14(21-16(24)22-17(3,4)5)15(23)20-11-18(12-25-6)7-9-19-10-8-18/h13-14,19H,7-12H2,1-6H3,(H,20,23)(H2,21,22,24)/t14-/m0/s1. The summed E-state index contributed by atoms with van der Waals surface area (Å²) < 4.78 is 5.39. The maximum absolute atomic E-state index is 12.7. The van der Waals surface area contributed by atoms with Crippen molar-refractivity contribution in [2.45, 2.75) is 59.0 Å². The molecular weight excluding hydrogens is 320 g/mol. The summed E-state index contributed by atoms with van der Waals surface area (Å²) in [6.45, 7) is 12.6. The van der Waals surface area contributed by atoms with Crippen LogP contribution in [0.5, 0.6) is 0 Å². The molecule has 0 unspecified atom stereocenters. The molecule has 4 N–H and O–H groups in total. The van der Waals surface area contributed by atoms with Crippen LogP contribution in [0.15, 0.2) is 0 Å². The molecular formula is C18H36N4O3. The number of ether oxygens (including phenoxy) is 1. The predicted octanol–water partition coefficient (Wildman–Crippen LogP) is 1.24. The van der Waals surface area contributed by atoms with Crippen LogP contribution in [0.3, 0.4) is 0 Å². The van der Waals surface area contributed by atoms with Gasteiger partial charge >= 0.3 is 6.03 Å². The molecule has 0 radical (unpaired) electrons. The van der Waals surface area contributed by atoms with E-state index in [-0.39, 0.29) is 28.8 Å². The molecule has 146 valence electrons. The molecule has 1 saturated heterocycles. The van der Waals surface area contributed by atoms with E-state index in [1.807, 2.05) is 34.6 Å². The highest BCUT2D eigenvalue weighted by atomic mass is 16.5. The number of hydrogen-bond donors (Lipinski definition) is 4. The SMILES string of the molecule is COCC1(CNC(=O)[C@@H](NC(=O)NC(C)(C)C)C(C)C)CCNCC1. The summed E-state index contributed by atoms with van der Waals surface area (Å²) in [5.74, 6) is -0.148. The van der Waals surface area contributed by atoms with Crippen molar-refractivity contribution in [3.05, 3.63) is 0 Å². The van der Waals surface area contributed by atoms with Crippen LogP contribution in [0.2, 0.25) is 0 Å². The average molecular weight is 357 g/mol. The number of methoxy groups -OCH3 is 1. The summed E-state index contributed by atoms with van der Waals surface area (Å²) in [6.07, 6.45) is 1.93. The molecule has 0 aromatic carbocycles. The van der Waals surface area contributed by atoms with E-state index in [9.17, 15) is 9.59 Å². The summed E-state index contributed by atoms with van der Waals surface area (Å²) in [6, 6.07) is -0.890. The van der Waals surface area contributed by atoms with E-state index in [0.29, 0.717) is 13.2 Å². The molecule has 0 spiro atoms. The van der Waals surface area contributed by atoms with E-state index in [1.54, 1.807) is 7.11 Å². The fraction of sp³-hybridized carbons (Fsp3) is 0.889. The smallest absolute Gasteiger partial charge is 0.315 e. The van der Waals surface area contributed by atoms with E-state index >= 15 is 0 Å². The monoisotopic (exact) mass is 356 g/mol. The first-order chi connectivity index (χ1) is 11.6. The van der Waals surface area contributed by atoms with Crippen molar-refractivity contribution >= 4 is 11.9 Å². The van der Waals surface area contributed by atoms with E-state index < -0.39 is 6.04 Å². The lowest BCUT2D eigenvalue weighted by Gasteiger charge is -2.37. The second kappa shape index (κ2) is 9.38. The highest BCUT2D eigenvalue weighted by Gasteiger charge is 2.34. The number of hydrogen-bond acceptors (Lipinski definition) is 4. The number of urea groups is 1. The Morgan fingerprint density at radius 2 is 1.80 bits per heavy atom. The van der Waals surface area contributed by atoms with Crippen molar-refractivity contribution < 1.29 is 14.3 Å². The van der Waals surface area contributed by atoms with Crippen LogP contribution in [-0.4, -0.2) is 56.9 Å². The van der Waals surface area contributed by atoms with Gasteiger partial charge in [-0.25, -0.2) is 4.79 Å². The summed E-state index contributed by atoms with van der Waals surface area (Å²) in [5.41, 5.74) is -0.384. The van der Waals surface area contributed by atoms with Gasteiger partial charge in [-0.2, -0.15) is 0 Å². The van der Waals surface area contributed by atoms with Crippen molar-refractivity contribution in [3.63, 3.8) is 0 Å². The molecule has 0 bridgehead atoms. The second-order valence-corrected chi connectivity index (χ2v) is 8.47. The maximum Gasteiger partial charge on any atom is 0.315 e. The Hall–Kier alpha value is -1.34. The van der Waals surface area contributed by atoms with Crippen LogP contribution in [0.4, 0.5) is 4.79 Å². The lowest BCUT2D eigenvalue weighted by Crippen LogP contribution is -2.57. The number of piperidine rings is 1. The largest absolute Gasteiger partial charge is 0.384 e. The van der Waals surface area contributed by atoms with Gasteiger partial charge in [0.1, 0.15) is 6.04 Å². The zero-order valence-electron chi connectivity index (χ0n) is 16.6. The molecule has 0 aromatic rings. The van der Waals surface area contributed by atoms with Crippen LogP contribution in [0.1, 0.15) is 47.5 Å². The number of carbonyl (C=O) groups is 2. The number of amides is 3. The Morgan fingerprint density at radius 3 is 2.28 bits per heavy atom. The number of nitrogens with one attached hydrogen (secondary N) is 4. The van der Waals surface area contributed by atoms with Crippen LogP contribution >= 0.6 is 0 Å². The molecule has 0 saturated carbocycles. The zero-order chi connectivity index (χ0) is 19.1.